The van der Waals surface area contributed by atoms with Crippen LogP contribution in [-0.4, -0.2) is 38.1 Å². The van der Waals surface area contributed by atoms with Gasteiger partial charge in [0.15, 0.2) is 11.5 Å². The van der Waals surface area contributed by atoms with Gasteiger partial charge in [0.05, 0.1) is 0 Å². The first-order valence-corrected chi connectivity index (χ1v) is 7.67. The van der Waals surface area contributed by atoms with E-state index in [0.29, 0.717) is 17.2 Å². The van der Waals surface area contributed by atoms with E-state index in [1.807, 2.05) is 12.1 Å². The van der Waals surface area contributed by atoms with Gasteiger partial charge in [0.2, 0.25) is 6.10 Å². The van der Waals surface area contributed by atoms with Gasteiger partial charge >= 0.3 is 6.01 Å². The molecule has 4 rings (SSSR count). The minimum Gasteiger partial charge on any atom is -0.482 e. The van der Waals surface area contributed by atoms with E-state index in [4.69, 9.17) is 13.9 Å². The molecule has 3 heterocycles. The van der Waals surface area contributed by atoms with Crippen molar-refractivity contribution in [3.63, 3.8) is 0 Å². The Hall–Kier alpha value is -3.36. The number of fused-ring (bicyclic) bond motifs is 1. The Morgan fingerprint density at radius 3 is 2.64 bits per heavy atom. The van der Waals surface area contributed by atoms with Crippen LogP contribution in [0.1, 0.15) is 6.92 Å². The molecule has 1 aromatic carbocycles. The summed E-state index contributed by atoms with van der Waals surface area (Å²) in [6, 6.07) is 8.90. The number of para-hydroxylation sites is 2. The summed E-state index contributed by atoms with van der Waals surface area (Å²) in [5.74, 6) is 0.953. The van der Waals surface area contributed by atoms with Crippen molar-refractivity contribution in [2.75, 3.05) is 5.32 Å². The molecule has 0 radical (unpaired) electrons. The quantitative estimate of drug-likeness (QED) is 0.772. The first-order valence-electron chi connectivity index (χ1n) is 7.67. The van der Waals surface area contributed by atoms with Crippen LogP contribution >= 0.6 is 0 Å². The van der Waals surface area contributed by atoms with Crippen LogP contribution in [0, 0.1) is 0 Å². The molecular formula is C16H15N5O4. The number of anilines is 1. The van der Waals surface area contributed by atoms with Crippen LogP contribution in [0.4, 0.5) is 6.01 Å². The standard InChI is InChI=1S/C16H15N5O4/c1-9-13(24-12-6-4-3-5-11(12)23-9)14(22)18-16-20-19-15(25-16)10-7-8-17-21(10)2/h3-9,13H,1-2H3,(H,18,20,22)/t9-,13+/m1/s1. The maximum absolute atomic E-state index is 12.5. The van der Waals surface area contributed by atoms with Crippen molar-refractivity contribution in [3.8, 4) is 23.1 Å². The monoisotopic (exact) mass is 341 g/mol. The van der Waals surface area contributed by atoms with E-state index in [9.17, 15) is 4.79 Å². The number of aromatic nitrogens is 4. The Morgan fingerprint density at radius 2 is 1.92 bits per heavy atom. The summed E-state index contributed by atoms with van der Waals surface area (Å²) >= 11 is 0. The SMILES string of the molecule is C[C@H]1Oc2ccccc2O[C@@H]1C(=O)Nc1nnc(-c2ccnn2C)o1. The molecule has 1 aliphatic rings. The van der Waals surface area contributed by atoms with Gasteiger partial charge in [0.1, 0.15) is 11.8 Å². The Kier molecular flexibility index (Phi) is 3.60. The molecule has 0 aliphatic carbocycles. The van der Waals surface area contributed by atoms with E-state index in [2.05, 4.69) is 20.6 Å². The van der Waals surface area contributed by atoms with Crippen LogP contribution in [0.5, 0.6) is 11.5 Å². The summed E-state index contributed by atoms with van der Waals surface area (Å²) in [6.07, 6.45) is 0.320. The molecule has 0 unspecified atom stereocenters. The van der Waals surface area contributed by atoms with Gasteiger partial charge in [-0.05, 0) is 25.1 Å². The van der Waals surface area contributed by atoms with E-state index in [-0.39, 0.29) is 11.9 Å². The van der Waals surface area contributed by atoms with Gasteiger partial charge in [0, 0.05) is 13.2 Å². The number of ether oxygens (including phenoxy) is 2. The number of hydrogen-bond donors (Lipinski definition) is 1. The van der Waals surface area contributed by atoms with Crippen LogP contribution in [0.3, 0.4) is 0 Å². The fraction of sp³-hybridized carbons (Fsp3) is 0.250. The van der Waals surface area contributed by atoms with Crippen molar-refractivity contribution < 1.29 is 18.7 Å². The van der Waals surface area contributed by atoms with Gasteiger partial charge in [-0.1, -0.05) is 17.2 Å². The number of hydrogen-bond acceptors (Lipinski definition) is 7. The Morgan fingerprint density at radius 1 is 1.16 bits per heavy atom. The molecule has 2 atom stereocenters. The molecule has 1 amide bonds. The minimum absolute atomic E-state index is 0.0177. The number of nitrogens with one attached hydrogen (secondary N) is 1. The zero-order valence-electron chi connectivity index (χ0n) is 13.5. The predicted molar refractivity (Wildman–Crippen MR) is 86.1 cm³/mol. The fourth-order valence-electron chi connectivity index (χ4n) is 2.54. The Labute approximate surface area is 142 Å². The molecule has 1 aliphatic heterocycles. The van der Waals surface area contributed by atoms with Crippen LogP contribution < -0.4 is 14.8 Å². The van der Waals surface area contributed by atoms with Crippen molar-refractivity contribution in [1.29, 1.82) is 0 Å². The summed E-state index contributed by atoms with van der Waals surface area (Å²) < 4.78 is 18.5. The molecule has 0 saturated carbocycles. The lowest BCUT2D eigenvalue weighted by Crippen LogP contribution is -2.46. The number of amides is 1. The number of aryl methyl sites for hydroxylation is 1. The summed E-state index contributed by atoms with van der Waals surface area (Å²) in [7, 11) is 1.75. The van der Waals surface area contributed by atoms with Crippen molar-refractivity contribution in [1.82, 2.24) is 20.0 Å². The normalized spacial score (nSPS) is 18.8. The number of nitrogens with zero attached hydrogens (tertiary/aromatic N) is 4. The van der Waals surface area contributed by atoms with E-state index in [1.54, 1.807) is 43.0 Å². The van der Waals surface area contributed by atoms with E-state index in [0.717, 1.165) is 0 Å². The molecule has 2 aromatic heterocycles. The molecule has 0 saturated heterocycles. The maximum atomic E-state index is 12.5. The molecule has 3 aromatic rings. The highest BCUT2D eigenvalue weighted by atomic mass is 16.6. The highest BCUT2D eigenvalue weighted by Crippen LogP contribution is 2.33. The van der Waals surface area contributed by atoms with Crippen molar-refractivity contribution in [2.45, 2.75) is 19.1 Å². The Bertz CT molecular complexity index is 919. The van der Waals surface area contributed by atoms with Gasteiger partial charge < -0.3 is 13.9 Å². The van der Waals surface area contributed by atoms with Gasteiger partial charge in [-0.25, -0.2) is 0 Å². The summed E-state index contributed by atoms with van der Waals surface area (Å²) in [5, 5.41) is 14.3. The maximum Gasteiger partial charge on any atom is 0.322 e. The second kappa shape index (κ2) is 5.93. The van der Waals surface area contributed by atoms with Gasteiger partial charge in [0.25, 0.3) is 11.8 Å². The number of benzene rings is 1. The molecule has 128 valence electrons. The molecule has 25 heavy (non-hydrogen) atoms. The number of rotatable bonds is 3. The zero-order valence-corrected chi connectivity index (χ0v) is 13.5. The second-order valence-corrected chi connectivity index (χ2v) is 5.55. The van der Waals surface area contributed by atoms with Gasteiger partial charge in [-0.15, -0.1) is 5.10 Å². The van der Waals surface area contributed by atoms with Crippen molar-refractivity contribution >= 4 is 11.9 Å². The zero-order chi connectivity index (χ0) is 17.4. The van der Waals surface area contributed by atoms with Crippen LogP contribution in [0.2, 0.25) is 0 Å². The number of carbonyl (C=O) groups excluding carboxylic acids is 1. The molecular weight excluding hydrogens is 326 g/mol. The third-order valence-corrected chi connectivity index (χ3v) is 3.80. The third-order valence-electron chi connectivity index (χ3n) is 3.80. The summed E-state index contributed by atoms with van der Waals surface area (Å²) in [5.41, 5.74) is 0.646. The third kappa shape index (κ3) is 2.80. The lowest BCUT2D eigenvalue weighted by atomic mass is 10.1. The first-order chi connectivity index (χ1) is 12.1. The average molecular weight is 341 g/mol. The first kappa shape index (κ1) is 15.2. The van der Waals surface area contributed by atoms with E-state index < -0.39 is 18.1 Å². The molecule has 0 bridgehead atoms. The molecule has 0 spiro atoms. The van der Waals surface area contributed by atoms with E-state index >= 15 is 0 Å². The second-order valence-electron chi connectivity index (χ2n) is 5.55. The fourth-order valence-corrected chi connectivity index (χ4v) is 2.54. The predicted octanol–water partition coefficient (Wildman–Crippen LogP) is 1.64. The number of carbonyl (C=O) groups is 1. The van der Waals surface area contributed by atoms with Gasteiger partial charge in [-0.2, -0.15) is 5.10 Å². The summed E-state index contributed by atoms with van der Waals surface area (Å²) in [6.45, 7) is 1.76. The topological polar surface area (TPSA) is 104 Å². The highest BCUT2D eigenvalue weighted by molar-refractivity contribution is 5.93. The average Bonchev–Trinajstić information content (AvgIpc) is 3.22. The van der Waals surface area contributed by atoms with E-state index in [1.165, 1.54) is 0 Å². The van der Waals surface area contributed by atoms with Crippen LogP contribution in [0.15, 0.2) is 40.9 Å². The Balaban J connectivity index is 1.49. The molecule has 0 fully saturated rings. The minimum atomic E-state index is -0.832. The smallest absolute Gasteiger partial charge is 0.322 e. The lowest BCUT2D eigenvalue weighted by molar-refractivity contribution is -0.128. The van der Waals surface area contributed by atoms with Crippen molar-refractivity contribution in [3.05, 3.63) is 36.5 Å². The van der Waals surface area contributed by atoms with Crippen LogP contribution in [-0.2, 0) is 11.8 Å². The van der Waals surface area contributed by atoms with Crippen molar-refractivity contribution in [2.24, 2.45) is 7.05 Å². The highest BCUT2D eigenvalue weighted by Gasteiger charge is 2.34. The molecule has 9 heteroatoms. The molecule has 1 N–H and O–H groups in total. The lowest BCUT2D eigenvalue weighted by Gasteiger charge is -2.30. The molecule has 9 nitrogen and oxygen atoms in total. The van der Waals surface area contributed by atoms with Gasteiger partial charge in [-0.3, -0.25) is 14.8 Å². The largest absolute Gasteiger partial charge is 0.482 e. The van der Waals surface area contributed by atoms with Crippen LogP contribution in [0.25, 0.3) is 11.6 Å². The summed E-state index contributed by atoms with van der Waals surface area (Å²) in [4.78, 5) is 12.5.